The van der Waals surface area contributed by atoms with Crippen LogP contribution in [0, 0.1) is 35.5 Å². The SMILES string of the molecule is CO[C@H]1C[C@@H]2CC[C@@H](C)[C@@](O)(O2)C(=O)C(=O)N2CCCC[C@H]2C(=O)O[C@H]([C@H](C)C[C@@H]2CC[C@@H](O)[C@H](OC)C2)CC(=O)[C@H](C)/C=C(\C)[C@@H](O)[C@@H](OC)C(=O)[C@H](C)C[C@H](C)C2C=CC(/C=C/1C)n1c(=O)n(-c3ccccc3)c(=O)n12. The number of Topliss-reactive ketones (excluding diaryl/α,β-unsaturated/α-hetero) is 3. The van der Waals surface area contributed by atoms with Crippen molar-refractivity contribution in [3.05, 3.63) is 86.8 Å². The molecule has 3 fully saturated rings. The van der Waals surface area contributed by atoms with Crippen LogP contribution in [0.15, 0.2) is 75.4 Å². The number of aliphatic hydroxyl groups excluding tert-OH is 2. The van der Waals surface area contributed by atoms with E-state index in [1.165, 1.54) is 23.6 Å². The van der Waals surface area contributed by atoms with Crippen molar-refractivity contribution in [3.63, 3.8) is 0 Å². The molecule has 1 aromatic heterocycles. The lowest BCUT2D eigenvalue weighted by Gasteiger charge is -2.42. The molecule has 1 amide bonds. The Bertz CT molecular complexity index is 2690. The Balaban J connectivity index is 1.26. The number of aliphatic hydroxyl groups is 3. The summed E-state index contributed by atoms with van der Waals surface area (Å²) in [5.74, 6) is -9.44. The Labute approximate surface area is 457 Å². The Morgan fingerprint density at radius 2 is 1.49 bits per heavy atom. The second kappa shape index (κ2) is 26.0. The summed E-state index contributed by atoms with van der Waals surface area (Å²) in [6.45, 7) is 12.2. The number of rotatable bonds is 7. The number of hydrogen-bond donors (Lipinski definition) is 3. The molecule has 5 aliphatic heterocycles. The Morgan fingerprint density at radius 1 is 0.782 bits per heavy atom. The van der Waals surface area contributed by atoms with Crippen molar-refractivity contribution in [1.82, 2.24) is 18.8 Å². The van der Waals surface area contributed by atoms with Crippen LogP contribution in [0.2, 0.25) is 0 Å². The minimum atomic E-state index is -2.55. The standard InChI is InChI=1S/C59H84N4O15/c1-33-26-37(5)51(66)53(76-10)52(67)38(6)27-34(2)47(65)32-49(35(3)28-40-20-24-46(64)50(30-40)75-9)77-56(70)45-18-14-15-25-60(45)55(69)54(68)59(73)39(7)19-22-43(78-59)31-48(74-8)36(4)29-42-21-23-44(33)63-58(72)61(57(71)62(42)63)41-16-12-11-13-17-41/h11-13,16-17,21,23,27,29,33-35,37,39-40,42-46,48-50,52-53,64,67,73H,14-15,18-20,22,24-26,28,30-32H2,1-10H3/b36-29+,38-27+/t33-,34+,35+,37+,39+,40-,42?,43-,44?,45-,46+,48-,49-,50+,52+,53-,59+/m0/s1. The number of amides is 1. The fourth-order valence-electron chi connectivity index (χ4n) is 12.7. The summed E-state index contributed by atoms with van der Waals surface area (Å²) in [5.41, 5.74) is 0.138. The van der Waals surface area contributed by atoms with Crippen LogP contribution in [-0.4, -0.2) is 146 Å². The third-order valence-corrected chi connectivity index (χ3v) is 17.6. The molecule has 430 valence electrons. The van der Waals surface area contributed by atoms with E-state index < -0.39 is 119 Å². The molecule has 19 heteroatoms. The van der Waals surface area contributed by atoms with Crippen LogP contribution in [0.1, 0.15) is 138 Å². The van der Waals surface area contributed by atoms with Gasteiger partial charge in [0, 0.05) is 58.5 Å². The molecule has 4 bridgehead atoms. The van der Waals surface area contributed by atoms with Gasteiger partial charge in [-0.15, -0.1) is 0 Å². The van der Waals surface area contributed by atoms with Crippen molar-refractivity contribution in [2.24, 2.45) is 35.5 Å². The summed E-state index contributed by atoms with van der Waals surface area (Å²) in [5, 5.41) is 34.5. The van der Waals surface area contributed by atoms with Crippen molar-refractivity contribution >= 4 is 29.2 Å². The lowest BCUT2D eigenvalue weighted by atomic mass is 9.78. The summed E-state index contributed by atoms with van der Waals surface area (Å²) in [7, 11) is 4.38. The second-order valence-electron chi connectivity index (χ2n) is 23.1. The number of benzene rings is 1. The second-order valence-corrected chi connectivity index (χ2v) is 23.1. The largest absolute Gasteiger partial charge is 0.460 e. The quantitative estimate of drug-likeness (QED) is 0.175. The highest BCUT2D eigenvalue weighted by molar-refractivity contribution is 6.39. The van der Waals surface area contributed by atoms with Crippen LogP contribution in [0.25, 0.3) is 5.69 Å². The van der Waals surface area contributed by atoms with Gasteiger partial charge in [0.05, 0.1) is 42.2 Å². The monoisotopic (exact) mass is 1090 g/mol. The summed E-state index contributed by atoms with van der Waals surface area (Å²) in [6, 6.07) is 5.89. The average molecular weight is 1090 g/mol. The molecule has 0 spiro atoms. The number of para-hydroxylation sites is 1. The highest BCUT2D eigenvalue weighted by Crippen LogP contribution is 2.39. The number of allylic oxidation sites excluding steroid dienone is 4. The van der Waals surface area contributed by atoms with Gasteiger partial charge in [-0.25, -0.2) is 28.3 Å². The molecule has 6 heterocycles. The first-order valence-corrected chi connectivity index (χ1v) is 28.1. The van der Waals surface area contributed by atoms with E-state index in [9.17, 15) is 48.9 Å². The predicted molar refractivity (Wildman–Crippen MR) is 288 cm³/mol. The molecule has 78 heavy (non-hydrogen) atoms. The van der Waals surface area contributed by atoms with E-state index in [1.807, 2.05) is 39.0 Å². The Morgan fingerprint density at radius 3 is 2.17 bits per heavy atom. The number of carbonyl (C=O) groups excluding carboxylic acids is 5. The lowest BCUT2D eigenvalue weighted by Crippen LogP contribution is -2.61. The van der Waals surface area contributed by atoms with Crippen LogP contribution >= 0.6 is 0 Å². The van der Waals surface area contributed by atoms with E-state index >= 15 is 0 Å². The first-order chi connectivity index (χ1) is 37.0. The van der Waals surface area contributed by atoms with Crippen LogP contribution in [0.5, 0.6) is 0 Å². The minimum Gasteiger partial charge on any atom is -0.460 e. The number of ketones is 3. The van der Waals surface area contributed by atoms with Crippen molar-refractivity contribution in [1.29, 1.82) is 0 Å². The fraction of sp³-hybridized carbons (Fsp3) is 0.678. The van der Waals surface area contributed by atoms with E-state index in [0.29, 0.717) is 68.2 Å². The van der Waals surface area contributed by atoms with Gasteiger partial charge in [0.2, 0.25) is 5.79 Å². The Hall–Kier alpha value is -5.15. The van der Waals surface area contributed by atoms with Gasteiger partial charge in [-0.2, -0.15) is 0 Å². The van der Waals surface area contributed by atoms with E-state index in [2.05, 4.69) is 0 Å². The zero-order chi connectivity index (χ0) is 56.9. The number of piperidine rings is 1. The molecule has 0 radical (unpaired) electrons. The first kappa shape index (κ1) is 60.5. The average Bonchev–Trinajstić information content (AvgIpc) is 3.85. The maximum atomic E-state index is 14.6. The molecule has 2 saturated heterocycles. The van der Waals surface area contributed by atoms with Gasteiger partial charge in [0.25, 0.3) is 11.7 Å². The number of methoxy groups -OCH3 is 3. The van der Waals surface area contributed by atoms with Crippen molar-refractivity contribution < 1.29 is 63.0 Å². The zero-order valence-electron chi connectivity index (χ0n) is 47.2. The normalized spacial score (nSPS) is 37.2. The molecule has 1 aliphatic carbocycles. The summed E-state index contributed by atoms with van der Waals surface area (Å²) >= 11 is 0. The lowest BCUT2D eigenvalue weighted by molar-refractivity contribution is -0.265. The van der Waals surface area contributed by atoms with Crippen molar-refractivity contribution in [2.75, 3.05) is 27.9 Å². The van der Waals surface area contributed by atoms with Gasteiger partial charge in [-0.3, -0.25) is 19.2 Å². The van der Waals surface area contributed by atoms with Gasteiger partial charge in [0.15, 0.2) is 5.78 Å². The van der Waals surface area contributed by atoms with E-state index in [0.717, 1.165) is 9.47 Å². The molecule has 19 nitrogen and oxygen atoms in total. The van der Waals surface area contributed by atoms with Gasteiger partial charge in [-0.1, -0.05) is 77.1 Å². The smallest absolute Gasteiger partial charge is 0.352 e. The summed E-state index contributed by atoms with van der Waals surface area (Å²) in [6.07, 6.45) is 5.18. The first-order valence-electron chi connectivity index (χ1n) is 28.1. The molecule has 1 aromatic carbocycles. The summed E-state index contributed by atoms with van der Waals surface area (Å²) < 4.78 is 33.8. The highest BCUT2D eigenvalue weighted by Gasteiger charge is 2.53. The molecule has 6 aliphatic rings. The minimum absolute atomic E-state index is 0.0318. The third-order valence-electron chi connectivity index (χ3n) is 17.6. The molecular formula is C59H84N4O15. The fourth-order valence-corrected chi connectivity index (χ4v) is 12.7. The molecule has 17 atom stereocenters. The van der Waals surface area contributed by atoms with E-state index in [1.54, 1.807) is 71.2 Å². The zero-order valence-corrected chi connectivity index (χ0v) is 47.2. The predicted octanol–water partition coefficient (Wildman–Crippen LogP) is 5.53. The van der Waals surface area contributed by atoms with Crippen LogP contribution in [-0.2, 0) is 47.7 Å². The van der Waals surface area contributed by atoms with Crippen LogP contribution in [0.4, 0.5) is 0 Å². The molecule has 8 rings (SSSR count). The molecule has 3 N–H and O–H groups in total. The van der Waals surface area contributed by atoms with Crippen molar-refractivity contribution in [2.45, 2.75) is 192 Å². The van der Waals surface area contributed by atoms with Gasteiger partial charge < -0.3 is 43.9 Å². The van der Waals surface area contributed by atoms with Crippen LogP contribution < -0.4 is 11.4 Å². The topological polar surface area (TPSA) is 244 Å². The van der Waals surface area contributed by atoms with Gasteiger partial charge in [0.1, 0.15) is 30.1 Å². The number of aromatic nitrogens is 3. The number of carbonyl (C=O) groups is 5. The number of ether oxygens (including phenoxy) is 5. The number of esters is 1. The highest BCUT2D eigenvalue weighted by atomic mass is 16.6. The van der Waals surface area contributed by atoms with Crippen molar-refractivity contribution in [3.8, 4) is 5.69 Å². The maximum absolute atomic E-state index is 14.6. The maximum Gasteiger partial charge on any atom is 0.352 e. The third kappa shape index (κ3) is 12.9. The van der Waals surface area contributed by atoms with E-state index in [4.69, 9.17) is 23.7 Å². The molecule has 2 aromatic rings. The van der Waals surface area contributed by atoms with Gasteiger partial charge >= 0.3 is 17.3 Å². The number of fused-ring (bicyclic) bond motifs is 15. The van der Waals surface area contributed by atoms with Gasteiger partial charge in [-0.05, 0) is 119 Å². The van der Waals surface area contributed by atoms with Crippen LogP contribution in [0.3, 0.4) is 0 Å². The Kier molecular flexibility index (Phi) is 20.1. The number of hydrogen-bond acceptors (Lipinski definition) is 15. The number of nitrogens with zero attached hydrogens (tertiary/aromatic N) is 4. The molecule has 2 unspecified atom stereocenters. The summed E-state index contributed by atoms with van der Waals surface area (Å²) in [4.78, 5) is 103. The molecule has 1 saturated carbocycles. The molecular weight excluding hydrogens is 1000 g/mol. The van der Waals surface area contributed by atoms with E-state index in [-0.39, 0.29) is 56.0 Å².